The van der Waals surface area contributed by atoms with Crippen molar-refractivity contribution in [2.45, 2.75) is 32.4 Å². The number of amides is 1. The van der Waals surface area contributed by atoms with Gasteiger partial charge in [0.2, 0.25) is 5.91 Å². The van der Waals surface area contributed by atoms with Crippen molar-refractivity contribution in [1.29, 1.82) is 0 Å². The molecule has 0 bridgehead atoms. The van der Waals surface area contributed by atoms with Gasteiger partial charge in [0.05, 0.1) is 13.2 Å². The Bertz CT molecular complexity index is 360. The maximum atomic E-state index is 11.5. The van der Waals surface area contributed by atoms with Gasteiger partial charge in [-0.15, -0.1) is 0 Å². The number of hydrogen-bond donors (Lipinski definition) is 2. The number of nitrogens with one attached hydrogen (secondary N) is 1. The predicted octanol–water partition coefficient (Wildman–Crippen LogP) is 1.61. The topological polar surface area (TPSA) is 64.3 Å². The van der Waals surface area contributed by atoms with Crippen LogP contribution in [0.5, 0.6) is 5.75 Å². The van der Waals surface area contributed by atoms with Crippen molar-refractivity contribution < 1.29 is 9.53 Å². The van der Waals surface area contributed by atoms with E-state index in [0.29, 0.717) is 6.42 Å². The van der Waals surface area contributed by atoms with E-state index in [1.165, 1.54) is 0 Å². The number of methoxy groups -OCH3 is 1. The Kier molecular flexibility index (Phi) is 4.97. The minimum atomic E-state index is -0.113. The molecule has 0 fully saturated rings. The lowest BCUT2D eigenvalue weighted by molar-refractivity contribution is -0.122. The van der Waals surface area contributed by atoms with Gasteiger partial charge >= 0.3 is 0 Å². The predicted molar refractivity (Wildman–Crippen MR) is 67.8 cm³/mol. The monoisotopic (exact) mass is 236 g/mol. The van der Waals surface area contributed by atoms with Gasteiger partial charge in [0.1, 0.15) is 5.75 Å². The van der Waals surface area contributed by atoms with Gasteiger partial charge in [0.25, 0.3) is 0 Å². The zero-order valence-corrected chi connectivity index (χ0v) is 10.6. The lowest BCUT2D eigenvalue weighted by atomic mass is 10.1. The number of nitrogens with two attached hydrogens (primary N) is 1. The summed E-state index contributed by atoms with van der Waals surface area (Å²) < 4.78 is 5.08. The molecule has 0 aliphatic heterocycles. The molecule has 0 aromatic heterocycles. The van der Waals surface area contributed by atoms with Crippen LogP contribution in [-0.4, -0.2) is 19.1 Å². The smallest absolute Gasteiger partial charge is 0.222 e. The molecule has 1 unspecified atom stereocenters. The third kappa shape index (κ3) is 4.44. The zero-order valence-electron chi connectivity index (χ0n) is 10.6. The Morgan fingerprint density at radius 3 is 2.41 bits per heavy atom. The second kappa shape index (κ2) is 6.25. The van der Waals surface area contributed by atoms with Gasteiger partial charge in [-0.3, -0.25) is 4.79 Å². The fourth-order valence-corrected chi connectivity index (χ4v) is 1.57. The standard InChI is InChI=1S/C13H20N2O2/c1-9(14)8-13(16)15-10(2)11-4-6-12(17-3)7-5-11/h4-7,9-10H,8,14H2,1-3H3,(H,15,16)/t9?,10-/m0/s1. The van der Waals surface area contributed by atoms with Crippen LogP contribution < -0.4 is 15.8 Å². The highest BCUT2D eigenvalue weighted by molar-refractivity contribution is 5.76. The van der Waals surface area contributed by atoms with Crippen LogP contribution in [0.2, 0.25) is 0 Å². The molecule has 0 aliphatic carbocycles. The lowest BCUT2D eigenvalue weighted by Gasteiger charge is -2.15. The van der Waals surface area contributed by atoms with Crippen LogP contribution in [0.15, 0.2) is 24.3 Å². The van der Waals surface area contributed by atoms with Gasteiger partial charge in [-0.1, -0.05) is 12.1 Å². The maximum absolute atomic E-state index is 11.5. The zero-order chi connectivity index (χ0) is 12.8. The van der Waals surface area contributed by atoms with Gasteiger partial charge in [-0.25, -0.2) is 0 Å². The van der Waals surface area contributed by atoms with Gasteiger partial charge in [0, 0.05) is 12.5 Å². The van der Waals surface area contributed by atoms with E-state index in [2.05, 4.69) is 5.32 Å². The van der Waals surface area contributed by atoms with E-state index in [9.17, 15) is 4.79 Å². The highest BCUT2D eigenvalue weighted by atomic mass is 16.5. The van der Waals surface area contributed by atoms with E-state index in [1.54, 1.807) is 7.11 Å². The molecule has 0 radical (unpaired) electrons. The molecule has 0 spiro atoms. The van der Waals surface area contributed by atoms with Crippen LogP contribution in [0.25, 0.3) is 0 Å². The van der Waals surface area contributed by atoms with Gasteiger partial charge in [-0.2, -0.15) is 0 Å². The second-order valence-corrected chi connectivity index (χ2v) is 4.24. The van der Waals surface area contributed by atoms with Crippen LogP contribution in [-0.2, 0) is 4.79 Å². The SMILES string of the molecule is COc1ccc([C@H](C)NC(=O)CC(C)N)cc1. The van der Waals surface area contributed by atoms with E-state index >= 15 is 0 Å². The number of benzene rings is 1. The maximum Gasteiger partial charge on any atom is 0.222 e. The van der Waals surface area contributed by atoms with Crippen LogP contribution in [0.1, 0.15) is 31.9 Å². The molecule has 1 amide bonds. The first kappa shape index (κ1) is 13.5. The summed E-state index contributed by atoms with van der Waals surface area (Å²) in [6.45, 7) is 3.76. The Morgan fingerprint density at radius 1 is 1.35 bits per heavy atom. The number of ether oxygens (including phenoxy) is 1. The molecular formula is C13H20N2O2. The quantitative estimate of drug-likeness (QED) is 0.816. The van der Waals surface area contributed by atoms with E-state index < -0.39 is 0 Å². The van der Waals surface area contributed by atoms with Gasteiger partial charge in [-0.05, 0) is 31.5 Å². The molecule has 3 N–H and O–H groups in total. The highest BCUT2D eigenvalue weighted by Crippen LogP contribution is 2.17. The molecule has 0 heterocycles. The number of hydrogen-bond acceptors (Lipinski definition) is 3. The Morgan fingerprint density at radius 2 is 1.94 bits per heavy atom. The molecule has 1 rings (SSSR count). The molecule has 94 valence electrons. The fourth-order valence-electron chi connectivity index (χ4n) is 1.57. The average molecular weight is 236 g/mol. The average Bonchev–Trinajstić information content (AvgIpc) is 2.28. The third-order valence-electron chi connectivity index (χ3n) is 2.50. The summed E-state index contributed by atoms with van der Waals surface area (Å²) in [7, 11) is 1.63. The Labute approximate surface area is 102 Å². The van der Waals surface area contributed by atoms with E-state index in [0.717, 1.165) is 11.3 Å². The normalized spacial score (nSPS) is 13.9. The van der Waals surface area contributed by atoms with E-state index in [1.807, 2.05) is 38.1 Å². The van der Waals surface area contributed by atoms with Crippen LogP contribution in [0.3, 0.4) is 0 Å². The summed E-state index contributed by atoms with van der Waals surface area (Å²) in [5, 5.41) is 2.91. The molecule has 1 aromatic rings. The van der Waals surface area contributed by atoms with Crippen molar-refractivity contribution in [2.75, 3.05) is 7.11 Å². The van der Waals surface area contributed by atoms with Crippen LogP contribution in [0.4, 0.5) is 0 Å². The largest absolute Gasteiger partial charge is 0.497 e. The van der Waals surface area contributed by atoms with Gasteiger partial charge < -0.3 is 15.8 Å². The molecule has 0 saturated heterocycles. The molecule has 1 aromatic carbocycles. The Hall–Kier alpha value is -1.55. The fraction of sp³-hybridized carbons (Fsp3) is 0.462. The Balaban J connectivity index is 2.56. The summed E-state index contributed by atoms with van der Waals surface area (Å²) in [5.41, 5.74) is 6.61. The summed E-state index contributed by atoms with van der Waals surface area (Å²) in [5.74, 6) is 0.783. The third-order valence-corrected chi connectivity index (χ3v) is 2.50. The molecule has 17 heavy (non-hydrogen) atoms. The van der Waals surface area contributed by atoms with E-state index in [4.69, 9.17) is 10.5 Å². The molecule has 4 heteroatoms. The first-order valence-corrected chi connectivity index (χ1v) is 5.72. The van der Waals surface area contributed by atoms with Crippen LogP contribution >= 0.6 is 0 Å². The first-order chi connectivity index (χ1) is 8.02. The lowest BCUT2D eigenvalue weighted by Crippen LogP contribution is -2.31. The van der Waals surface area contributed by atoms with Gasteiger partial charge in [0.15, 0.2) is 0 Å². The van der Waals surface area contributed by atoms with Crippen molar-refractivity contribution in [3.8, 4) is 5.75 Å². The van der Waals surface area contributed by atoms with Crippen molar-refractivity contribution in [2.24, 2.45) is 5.73 Å². The minimum Gasteiger partial charge on any atom is -0.497 e. The summed E-state index contributed by atoms with van der Waals surface area (Å²) >= 11 is 0. The molecule has 4 nitrogen and oxygen atoms in total. The summed E-state index contributed by atoms with van der Waals surface area (Å²) in [4.78, 5) is 11.5. The number of rotatable bonds is 5. The molecular weight excluding hydrogens is 216 g/mol. The van der Waals surface area contributed by atoms with Crippen molar-refractivity contribution in [3.63, 3.8) is 0 Å². The van der Waals surface area contributed by atoms with Crippen molar-refractivity contribution in [3.05, 3.63) is 29.8 Å². The molecule has 0 aliphatic rings. The van der Waals surface area contributed by atoms with E-state index in [-0.39, 0.29) is 18.0 Å². The van der Waals surface area contributed by atoms with Crippen molar-refractivity contribution in [1.82, 2.24) is 5.32 Å². The second-order valence-electron chi connectivity index (χ2n) is 4.24. The summed E-state index contributed by atoms with van der Waals surface area (Å²) in [6.07, 6.45) is 0.348. The van der Waals surface area contributed by atoms with Crippen molar-refractivity contribution >= 4 is 5.91 Å². The number of carbonyl (C=O) groups excluding carboxylic acids is 1. The first-order valence-electron chi connectivity index (χ1n) is 5.72. The number of carbonyl (C=O) groups is 1. The molecule has 2 atom stereocenters. The molecule has 0 saturated carbocycles. The van der Waals surface area contributed by atoms with Crippen LogP contribution in [0, 0.1) is 0 Å². The summed E-state index contributed by atoms with van der Waals surface area (Å²) in [6, 6.07) is 7.50. The minimum absolute atomic E-state index is 0.0212. The highest BCUT2D eigenvalue weighted by Gasteiger charge is 2.10.